The molecule has 1 amide bonds. The van der Waals surface area contributed by atoms with Crippen molar-refractivity contribution < 1.29 is 14.7 Å². The highest BCUT2D eigenvalue weighted by Gasteiger charge is 2.26. The molecule has 0 aromatic heterocycles. The Hall–Kier alpha value is -1.55. The number of nitrogens with one attached hydrogen (secondary N) is 1. The largest absolute Gasteiger partial charge is 0.496 e. The fourth-order valence-corrected chi connectivity index (χ4v) is 2.26. The van der Waals surface area contributed by atoms with E-state index in [1.165, 1.54) is 5.56 Å². The van der Waals surface area contributed by atoms with Crippen LogP contribution in [0.5, 0.6) is 5.75 Å². The van der Waals surface area contributed by atoms with Crippen molar-refractivity contribution >= 4 is 5.91 Å². The summed E-state index contributed by atoms with van der Waals surface area (Å²) < 4.78 is 5.28. The summed E-state index contributed by atoms with van der Waals surface area (Å²) >= 11 is 0. The average Bonchev–Trinajstić information content (AvgIpc) is 2.36. The summed E-state index contributed by atoms with van der Waals surface area (Å²) in [4.78, 5) is 11.4. The number of ether oxygens (including phenoxy) is 1. The van der Waals surface area contributed by atoms with Gasteiger partial charge in [-0.2, -0.15) is 0 Å². The summed E-state index contributed by atoms with van der Waals surface area (Å²) in [5, 5.41) is 8.63. The van der Waals surface area contributed by atoms with E-state index in [4.69, 9.17) is 9.94 Å². The highest BCUT2D eigenvalue weighted by molar-refractivity contribution is 5.78. The predicted molar refractivity (Wildman–Crippen MR) is 58.4 cm³/mol. The van der Waals surface area contributed by atoms with Gasteiger partial charge in [-0.05, 0) is 36.5 Å². The number of hydrogen-bond acceptors (Lipinski definition) is 3. The SMILES string of the molecule is COc1cccc2c1CC(C(=O)NO)CC2. The van der Waals surface area contributed by atoms with Crippen molar-refractivity contribution in [1.29, 1.82) is 0 Å². The molecule has 16 heavy (non-hydrogen) atoms. The van der Waals surface area contributed by atoms with E-state index >= 15 is 0 Å². The molecule has 0 bridgehead atoms. The summed E-state index contributed by atoms with van der Waals surface area (Å²) in [6.45, 7) is 0. The third-order valence-corrected chi connectivity index (χ3v) is 3.14. The summed E-state index contributed by atoms with van der Waals surface area (Å²) in [5.74, 6) is 0.360. The zero-order valence-electron chi connectivity index (χ0n) is 9.19. The van der Waals surface area contributed by atoms with Crippen molar-refractivity contribution in [2.24, 2.45) is 5.92 Å². The standard InChI is InChI=1S/C12H15NO3/c1-16-11-4-2-3-8-5-6-9(7-10(8)11)12(14)13-15/h2-4,9,15H,5-7H2,1H3,(H,13,14). The lowest BCUT2D eigenvalue weighted by molar-refractivity contribution is -0.133. The van der Waals surface area contributed by atoms with Crippen molar-refractivity contribution in [1.82, 2.24) is 5.48 Å². The van der Waals surface area contributed by atoms with E-state index < -0.39 is 0 Å². The molecule has 1 aliphatic carbocycles. The van der Waals surface area contributed by atoms with Gasteiger partial charge in [0, 0.05) is 5.92 Å². The summed E-state index contributed by atoms with van der Waals surface area (Å²) in [5.41, 5.74) is 4.05. The van der Waals surface area contributed by atoms with E-state index in [2.05, 4.69) is 6.07 Å². The Balaban J connectivity index is 2.27. The maximum atomic E-state index is 11.4. The second-order valence-corrected chi connectivity index (χ2v) is 4.01. The van der Waals surface area contributed by atoms with Gasteiger partial charge in [0.15, 0.2) is 0 Å². The smallest absolute Gasteiger partial charge is 0.246 e. The Labute approximate surface area is 94.2 Å². The molecule has 86 valence electrons. The minimum Gasteiger partial charge on any atom is -0.496 e. The lowest BCUT2D eigenvalue weighted by atomic mass is 9.83. The Morgan fingerprint density at radius 1 is 1.56 bits per heavy atom. The van der Waals surface area contributed by atoms with Crippen LogP contribution in [-0.4, -0.2) is 18.2 Å². The second-order valence-electron chi connectivity index (χ2n) is 4.01. The number of carbonyl (C=O) groups is 1. The second kappa shape index (κ2) is 4.53. The van der Waals surface area contributed by atoms with Gasteiger partial charge in [0.05, 0.1) is 7.11 Å². The molecule has 0 radical (unpaired) electrons. The quantitative estimate of drug-likeness (QED) is 0.584. The number of hydrogen-bond donors (Lipinski definition) is 2. The van der Waals surface area contributed by atoms with Gasteiger partial charge < -0.3 is 4.74 Å². The van der Waals surface area contributed by atoms with Crippen LogP contribution in [0, 0.1) is 5.92 Å². The first-order chi connectivity index (χ1) is 7.76. The molecule has 0 saturated heterocycles. The number of rotatable bonds is 2. The molecule has 0 saturated carbocycles. The number of fused-ring (bicyclic) bond motifs is 1. The lowest BCUT2D eigenvalue weighted by Gasteiger charge is -2.24. The van der Waals surface area contributed by atoms with Crippen LogP contribution in [0.3, 0.4) is 0 Å². The minimum atomic E-state index is -0.309. The molecule has 0 heterocycles. The van der Waals surface area contributed by atoms with Gasteiger partial charge in [-0.15, -0.1) is 0 Å². The lowest BCUT2D eigenvalue weighted by Crippen LogP contribution is -2.32. The number of carbonyl (C=O) groups excluding carboxylic acids is 1. The van der Waals surface area contributed by atoms with Crippen LogP contribution < -0.4 is 10.2 Å². The van der Waals surface area contributed by atoms with Crippen molar-refractivity contribution in [3.63, 3.8) is 0 Å². The molecule has 1 aliphatic rings. The highest BCUT2D eigenvalue weighted by atomic mass is 16.5. The zero-order chi connectivity index (χ0) is 11.5. The van der Waals surface area contributed by atoms with Gasteiger partial charge >= 0.3 is 0 Å². The molecule has 1 aromatic rings. The zero-order valence-corrected chi connectivity index (χ0v) is 9.19. The molecular formula is C12H15NO3. The molecule has 2 rings (SSSR count). The number of methoxy groups -OCH3 is 1. The molecule has 1 unspecified atom stereocenters. The maximum Gasteiger partial charge on any atom is 0.246 e. The molecule has 0 aliphatic heterocycles. The molecule has 1 aromatic carbocycles. The van der Waals surface area contributed by atoms with Crippen molar-refractivity contribution in [3.05, 3.63) is 29.3 Å². The van der Waals surface area contributed by atoms with Crippen molar-refractivity contribution in [3.8, 4) is 5.75 Å². The number of aryl methyl sites for hydroxylation is 1. The third kappa shape index (κ3) is 1.88. The first-order valence-corrected chi connectivity index (χ1v) is 5.35. The molecule has 4 nitrogen and oxygen atoms in total. The monoisotopic (exact) mass is 221 g/mol. The maximum absolute atomic E-state index is 11.4. The van der Waals surface area contributed by atoms with Crippen LogP contribution in [0.25, 0.3) is 0 Å². The van der Waals surface area contributed by atoms with Gasteiger partial charge in [0.25, 0.3) is 0 Å². The van der Waals surface area contributed by atoms with Crippen LogP contribution >= 0.6 is 0 Å². The summed E-state index contributed by atoms with van der Waals surface area (Å²) in [6, 6.07) is 5.92. The summed E-state index contributed by atoms with van der Waals surface area (Å²) in [6.07, 6.45) is 2.25. The molecule has 1 atom stereocenters. The fourth-order valence-electron chi connectivity index (χ4n) is 2.26. The van der Waals surface area contributed by atoms with E-state index in [0.29, 0.717) is 6.42 Å². The highest BCUT2D eigenvalue weighted by Crippen LogP contribution is 2.32. The topological polar surface area (TPSA) is 58.6 Å². The van der Waals surface area contributed by atoms with Crippen LogP contribution in [0.1, 0.15) is 17.5 Å². The average molecular weight is 221 g/mol. The Kier molecular flexibility index (Phi) is 3.10. The van der Waals surface area contributed by atoms with Gasteiger partial charge in [-0.3, -0.25) is 10.0 Å². The Morgan fingerprint density at radius 3 is 3.06 bits per heavy atom. The van der Waals surface area contributed by atoms with Crippen molar-refractivity contribution in [2.75, 3.05) is 7.11 Å². The Bertz CT molecular complexity index is 389. The van der Waals surface area contributed by atoms with Gasteiger partial charge in [-0.25, -0.2) is 5.48 Å². The molecule has 0 fully saturated rings. The minimum absolute atomic E-state index is 0.159. The van der Waals surface area contributed by atoms with Crippen LogP contribution in [0.2, 0.25) is 0 Å². The molecular weight excluding hydrogens is 206 g/mol. The molecule has 4 heteroatoms. The first kappa shape index (κ1) is 11.0. The van der Waals surface area contributed by atoms with E-state index in [-0.39, 0.29) is 11.8 Å². The van der Waals surface area contributed by atoms with Crippen LogP contribution in [-0.2, 0) is 17.6 Å². The Morgan fingerprint density at radius 2 is 2.38 bits per heavy atom. The number of hydroxylamine groups is 1. The van der Waals surface area contributed by atoms with Gasteiger partial charge in [0.2, 0.25) is 5.91 Å². The third-order valence-electron chi connectivity index (χ3n) is 3.14. The van der Waals surface area contributed by atoms with Crippen molar-refractivity contribution in [2.45, 2.75) is 19.3 Å². The normalized spacial score (nSPS) is 18.8. The predicted octanol–water partition coefficient (Wildman–Crippen LogP) is 1.31. The molecule has 0 spiro atoms. The van der Waals surface area contributed by atoms with Gasteiger partial charge in [-0.1, -0.05) is 12.1 Å². The van der Waals surface area contributed by atoms with Gasteiger partial charge in [0.1, 0.15) is 5.75 Å². The van der Waals surface area contributed by atoms with Crippen LogP contribution in [0.15, 0.2) is 18.2 Å². The van der Waals surface area contributed by atoms with E-state index in [9.17, 15) is 4.79 Å². The fraction of sp³-hybridized carbons (Fsp3) is 0.417. The molecule has 2 N–H and O–H groups in total. The van der Waals surface area contributed by atoms with Crippen LogP contribution in [0.4, 0.5) is 0 Å². The van der Waals surface area contributed by atoms with E-state index in [1.54, 1.807) is 12.6 Å². The number of benzene rings is 1. The summed E-state index contributed by atoms with van der Waals surface area (Å²) in [7, 11) is 1.63. The van der Waals surface area contributed by atoms with E-state index in [0.717, 1.165) is 24.2 Å². The number of amides is 1. The first-order valence-electron chi connectivity index (χ1n) is 5.35. The van der Waals surface area contributed by atoms with E-state index in [1.807, 2.05) is 12.1 Å².